The number of ether oxygens (including phenoxy) is 1. The first-order valence-electron chi connectivity index (χ1n) is 6.31. The SMILES string of the molecule is C[C@@H](OC(=O)[C@@]1(C)CC1(Cl)Cl)C(=O)Nc1ccc(Br)cc1. The Balaban J connectivity index is 1.91. The van der Waals surface area contributed by atoms with Gasteiger partial charge in [-0.05, 0) is 38.1 Å². The number of benzene rings is 1. The number of carbonyl (C=O) groups excluding carboxylic acids is 2. The molecule has 0 aromatic heterocycles. The molecule has 1 aliphatic rings. The van der Waals surface area contributed by atoms with Crippen molar-refractivity contribution in [1.29, 1.82) is 0 Å². The van der Waals surface area contributed by atoms with Crippen LogP contribution in [0.5, 0.6) is 0 Å². The molecule has 114 valence electrons. The van der Waals surface area contributed by atoms with Gasteiger partial charge < -0.3 is 10.1 Å². The van der Waals surface area contributed by atoms with Crippen molar-refractivity contribution in [1.82, 2.24) is 0 Å². The number of carbonyl (C=O) groups is 2. The Morgan fingerprint density at radius 1 is 1.33 bits per heavy atom. The lowest BCUT2D eigenvalue weighted by atomic mass is 10.1. The van der Waals surface area contributed by atoms with Crippen LogP contribution in [0.3, 0.4) is 0 Å². The maximum absolute atomic E-state index is 12.0. The molecular formula is C14H14BrCl2NO3. The first kappa shape index (κ1) is 16.6. The topological polar surface area (TPSA) is 55.4 Å². The molecule has 1 aliphatic carbocycles. The predicted molar refractivity (Wildman–Crippen MR) is 85.5 cm³/mol. The highest BCUT2D eigenvalue weighted by molar-refractivity contribution is 9.10. The summed E-state index contributed by atoms with van der Waals surface area (Å²) in [5, 5.41) is 2.66. The molecule has 0 radical (unpaired) electrons. The van der Waals surface area contributed by atoms with Crippen LogP contribution in [0.25, 0.3) is 0 Å². The Morgan fingerprint density at radius 3 is 2.33 bits per heavy atom. The van der Waals surface area contributed by atoms with Gasteiger partial charge in [0.25, 0.3) is 5.91 Å². The van der Waals surface area contributed by atoms with Crippen molar-refractivity contribution in [3.63, 3.8) is 0 Å². The molecule has 1 N–H and O–H groups in total. The molecule has 0 saturated heterocycles. The average molecular weight is 395 g/mol. The van der Waals surface area contributed by atoms with Crippen LogP contribution in [0.1, 0.15) is 20.3 Å². The highest BCUT2D eigenvalue weighted by Gasteiger charge is 2.69. The quantitative estimate of drug-likeness (QED) is 0.622. The van der Waals surface area contributed by atoms with Crippen LogP contribution >= 0.6 is 39.1 Å². The van der Waals surface area contributed by atoms with Gasteiger partial charge in [0, 0.05) is 16.6 Å². The molecule has 0 bridgehead atoms. The van der Waals surface area contributed by atoms with E-state index in [1.807, 2.05) is 0 Å². The second-order valence-electron chi connectivity index (χ2n) is 5.26. The highest BCUT2D eigenvalue weighted by Crippen LogP contribution is 2.64. The third-order valence-corrected chi connectivity index (χ3v) is 5.10. The maximum Gasteiger partial charge on any atom is 0.315 e. The molecule has 2 rings (SSSR count). The molecule has 0 aliphatic heterocycles. The van der Waals surface area contributed by atoms with Crippen LogP contribution in [0, 0.1) is 5.41 Å². The first-order valence-corrected chi connectivity index (χ1v) is 7.86. The standard InChI is InChI=1S/C14H14BrCl2NO3/c1-8(21-12(20)13(2)7-14(13,16)17)11(19)18-10-5-3-9(15)4-6-10/h3-6,8H,7H2,1-2H3,(H,18,19)/t8-,13-/m1/s1. The fraction of sp³-hybridized carbons (Fsp3) is 0.429. The van der Waals surface area contributed by atoms with Crippen molar-refractivity contribution >= 4 is 56.7 Å². The van der Waals surface area contributed by atoms with Crippen LogP contribution in [0.15, 0.2) is 28.7 Å². The first-order chi connectivity index (χ1) is 9.65. The van der Waals surface area contributed by atoms with E-state index in [0.29, 0.717) is 12.1 Å². The molecule has 1 fully saturated rings. The largest absolute Gasteiger partial charge is 0.452 e. The Morgan fingerprint density at radius 2 is 1.86 bits per heavy atom. The number of halogens is 3. The summed E-state index contributed by atoms with van der Waals surface area (Å²) in [6.45, 7) is 3.12. The zero-order valence-corrected chi connectivity index (χ0v) is 14.6. The van der Waals surface area contributed by atoms with Gasteiger partial charge in [-0.25, -0.2) is 0 Å². The molecule has 0 unspecified atom stereocenters. The van der Waals surface area contributed by atoms with E-state index < -0.39 is 27.7 Å². The van der Waals surface area contributed by atoms with Crippen molar-refractivity contribution in [3.8, 4) is 0 Å². The molecule has 4 nitrogen and oxygen atoms in total. The monoisotopic (exact) mass is 393 g/mol. The van der Waals surface area contributed by atoms with E-state index in [1.165, 1.54) is 6.92 Å². The van der Waals surface area contributed by atoms with Crippen molar-refractivity contribution in [2.45, 2.75) is 30.7 Å². The Labute approximate surface area is 141 Å². The van der Waals surface area contributed by atoms with E-state index in [9.17, 15) is 9.59 Å². The summed E-state index contributed by atoms with van der Waals surface area (Å²) in [4.78, 5) is 24.0. The molecular weight excluding hydrogens is 381 g/mol. The summed E-state index contributed by atoms with van der Waals surface area (Å²) in [7, 11) is 0. The summed E-state index contributed by atoms with van der Waals surface area (Å²) >= 11 is 15.1. The minimum absolute atomic E-state index is 0.322. The number of hydrogen-bond donors (Lipinski definition) is 1. The summed E-state index contributed by atoms with van der Waals surface area (Å²) in [6.07, 6.45) is -0.606. The van der Waals surface area contributed by atoms with Gasteiger partial charge in [0.15, 0.2) is 6.10 Å². The van der Waals surface area contributed by atoms with Crippen LogP contribution in [-0.2, 0) is 14.3 Å². The Kier molecular flexibility index (Phi) is 4.57. The molecule has 1 aromatic carbocycles. The molecule has 0 heterocycles. The number of esters is 1. The van der Waals surface area contributed by atoms with Gasteiger partial charge in [0.2, 0.25) is 0 Å². The molecule has 2 atom stereocenters. The molecule has 1 aromatic rings. The second-order valence-corrected chi connectivity index (χ2v) is 7.66. The predicted octanol–water partition coefficient (Wildman–Crippen LogP) is 3.90. The zero-order valence-electron chi connectivity index (χ0n) is 11.5. The summed E-state index contributed by atoms with van der Waals surface area (Å²) in [6, 6.07) is 7.07. The van der Waals surface area contributed by atoms with Crippen molar-refractivity contribution in [3.05, 3.63) is 28.7 Å². The summed E-state index contributed by atoms with van der Waals surface area (Å²) < 4.78 is 4.94. The molecule has 0 spiro atoms. The summed E-state index contributed by atoms with van der Waals surface area (Å²) in [5.41, 5.74) is -0.324. The normalized spacial score (nSPS) is 24.0. The number of anilines is 1. The van der Waals surface area contributed by atoms with Crippen molar-refractivity contribution in [2.75, 3.05) is 5.32 Å². The maximum atomic E-state index is 12.0. The van der Waals surface area contributed by atoms with Crippen LogP contribution < -0.4 is 5.32 Å². The van der Waals surface area contributed by atoms with Gasteiger partial charge in [-0.2, -0.15) is 0 Å². The van der Waals surface area contributed by atoms with Gasteiger partial charge in [0.1, 0.15) is 9.75 Å². The van der Waals surface area contributed by atoms with E-state index in [4.69, 9.17) is 27.9 Å². The lowest BCUT2D eigenvalue weighted by molar-refractivity contribution is -0.158. The van der Waals surface area contributed by atoms with E-state index in [-0.39, 0.29) is 0 Å². The van der Waals surface area contributed by atoms with Gasteiger partial charge >= 0.3 is 5.97 Å². The van der Waals surface area contributed by atoms with E-state index in [2.05, 4.69) is 21.2 Å². The van der Waals surface area contributed by atoms with Crippen LogP contribution in [0.2, 0.25) is 0 Å². The highest BCUT2D eigenvalue weighted by atomic mass is 79.9. The van der Waals surface area contributed by atoms with Crippen LogP contribution in [0.4, 0.5) is 5.69 Å². The second kappa shape index (κ2) is 5.78. The number of hydrogen-bond acceptors (Lipinski definition) is 3. The molecule has 1 amide bonds. The van der Waals surface area contributed by atoms with Gasteiger partial charge in [-0.3, -0.25) is 9.59 Å². The van der Waals surface area contributed by atoms with Gasteiger partial charge in [0.05, 0.1) is 0 Å². The van der Waals surface area contributed by atoms with Gasteiger partial charge in [-0.1, -0.05) is 15.9 Å². The minimum Gasteiger partial charge on any atom is -0.452 e. The van der Waals surface area contributed by atoms with E-state index >= 15 is 0 Å². The lowest BCUT2D eigenvalue weighted by Gasteiger charge is -2.17. The average Bonchev–Trinajstić information content (AvgIpc) is 2.92. The Hall–Kier alpha value is -0.780. The molecule has 21 heavy (non-hydrogen) atoms. The van der Waals surface area contributed by atoms with Crippen LogP contribution in [-0.4, -0.2) is 22.3 Å². The fourth-order valence-electron chi connectivity index (χ4n) is 1.74. The van der Waals surface area contributed by atoms with Gasteiger partial charge in [-0.15, -0.1) is 23.2 Å². The molecule has 1 saturated carbocycles. The smallest absolute Gasteiger partial charge is 0.315 e. The van der Waals surface area contributed by atoms with Crippen molar-refractivity contribution in [2.24, 2.45) is 5.41 Å². The number of amides is 1. The number of rotatable bonds is 4. The fourth-order valence-corrected chi connectivity index (χ4v) is 2.70. The lowest BCUT2D eigenvalue weighted by Crippen LogP contribution is -2.33. The molecule has 7 heteroatoms. The number of alkyl halides is 2. The summed E-state index contributed by atoms with van der Waals surface area (Å²) in [5.74, 6) is -0.976. The Bertz CT molecular complexity index is 576. The zero-order chi connectivity index (χ0) is 15.8. The van der Waals surface area contributed by atoms with E-state index in [0.717, 1.165) is 4.47 Å². The van der Waals surface area contributed by atoms with E-state index in [1.54, 1.807) is 31.2 Å². The third-order valence-electron chi connectivity index (χ3n) is 3.47. The minimum atomic E-state index is -1.11. The van der Waals surface area contributed by atoms with Crippen molar-refractivity contribution < 1.29 is 14.3 Å². The third kappa shape index (κ3) is 3.52. The number of nitrogens with one attached hydrogen (secondary N) is 1.